The number of hydrogen-bond acceptors (Lipinski definition) is 4. The Balaban J connectivity index is 1.69. The Morgan fingerprint density at radius 3 is 2.96 bits per heavy atom. The minimum Gasteiger partial charge on any atom is -0.314 e. The summed E-state index contributed by atoms with van der Waals surface area (Å²) in [5, 5.41) is 0.634. The SMILES string of the molecule is O=c1cnc(C2CCC3CCN2C3)c(SCCCC(F)(F)F)[nH]1. The van der Waals surface area contributed by atoms with E-state index in [0.717, 1.165) is 37.5 Å². The maximum Gasteiger partial charge on any atom is 0.389 e. The molecule has 0 amide bonds. The Hall–Kier alpha value is -1.02. The topological polar surface area (TPSA) is 49.0 Å². The lowest BCUT2D eigenvalue weighted by Gasteiger charge is -2.32. The molecule has 0 aromatic carbocycles. The summed E-state index contributed by atoms with van der Waals surface area (Å²) < 4.78 is 36.7. The number of hydrogen-bond donors (Lipinski definition) is 1. The lowest BCUT2D eigenvalue weighted by atomic mass is 9.95. The van der Waals surface area contributed by atoms with E-state index in [1.54, 1.807) is 0 Å². The lowest BCUT2D eigenvalue weighted by molar-refractivity contribution is -0.134. The summed E-state index contributed by atoms with van der Waals surface area (Å²) in [4.78, 5) is 21.0. The first kappa shape index (κ1) is 16.8. The molecule has 23 heavy (non-hydrogen) atoms. The van der Waals surface area contributed by atoms with Crippen LogP contribution in [0.3, 0.4) is 0 Å². The summed E-state index contributed by atoms with van der Waals surface area (Å²) in [6.07, 6.45) is -0.247. The van der Waals surface area contributed by atoms with Gasteiger partial charge in [0, 0.05) is 13.0 Å². The molecular formula is C15H20F3N3OS. The Bertz CT molecular complexity index is 604. The Morgan fingerprint density at radius 2 is 2.17 bits per heavy atom. The minimum atomic E-state index is -4.13. The molecule has 3 rings (SSSR count). The standard InChI is InChI=1S/C15H20F3N3OS/c16-15(17,18)5-1-7-23-14-13(19-8-12(22)20-14)11-3-2-10-4-6-21(11)9-10/h8,10-11H,1-7,9H2,(H,20,22). The average Bonchev–Trinajstić information content (AvgIpc) is 2.86. The van der Waals surface area contributed by atoms with E-state index < -0.39 is 12.6 Å². The molecule has 2 saturated heterocycles. The molecule has 4 nitrogen and oxygen atoms in total. The van der Waals surface area contributed by atoms with Crippen LogP contribution in [0.15, 0.2) is 16.0 Å². The van der Waals surface area contributed by atoms with Gasteiger partial charge < -0.3 is 4.98 Å². The second-order valence-corrected chi connectivity index (χ2v) is 7.38. The van der Waals surface area contributed by atoms with Gasteiger partial charge >= 0.3 is 6.18 Å². The van der Waals surface area contributed by atoms with Crippen molar-refractivity contribution in [1.29, 1.82) is 0 Å². The number of aromatic nitrogens is 2. The largest absolute Gasteiger partial charge is 0.389 e. The molecule has 2 aliphatic heterocycles. The fraction of sp³-hybridized carbons (Fsp3) is 0.733. The number of alkyl halides is 3. The summed E-state index contributed by atoms with van der Waals surface area (Å²) >= 11 is 1.28. The highest BCUT2D eigenvalue weighted by molar-refractivity contribution is 7.99. The van der Waals surface area contributed by atoms with Crippen LogP contribution in [0.5, 0.6) is 0 Å². The molecule has 0 saturated carbocycles. The van der Waals surface area contributed by atoms with Gasteiger partial charge in [-0.2, -0.15) is 13.2 Å². The minimum absolute atomic E-state index is 0.0426. The van der Waals surface area contributed by atoms with Gasteiger partial charge in [-0.1, -0.05) is 0 Å². The molecule has 2 bridgehead atoms. The van der Waals surface area contributed by atoms with Crippen molar-refractivity contribution < 1.29 is 13.2 Å². The summed E-state index contributed by atoms with van der Waals surface area (Å²) in [6.45, 7) is 2.10. The van der Waals surface area contributed by atoms with Gasteiger partial charge in [0.1, 0.15) is 0 Å². The number of fused-ring (bicyclic) bond motifs is 2. The van der Waals surface area contributed by atoms with Crippen molar-refractivity contribution in [2.75, 3.05) is 18.8 Å². The van der Waals surface area contributed by atoms with Crippen LogP contribution < -0.4 is 5.56 Å². The zero-order valence-corrected chi connectivity index (χ0v) is 13.6. The molecule has 0 spiro atoms. The monoisotopic (exact) mass is 347 g/mol. The van der Waals surface area contributed by atoms with Gasteiger partial charge in [-0.05, 0) is 43.9 Å². The third-order valence-electron chi connectivity index (χ3n) is 4.56. The second-order valence-electron chi connectivity index (χ2n) is 6.27. The van der Waals surface area contributed by atoms with Crippen molar-refractivity contribution in [3.8, 4) is 0 Å². The van der Waals surface area contributed by atoms with Gasteiger partial charge in [-0.25, -0.2) is 0 Å². The van der Waals surface area contributed by atoms with E-state index in [1.807, 2.05) is 0 Å². The van der Waals surface area contributed by atoms with E-state index in [-0.39, 0.29) is 18.0 Å². The Morgan fingerprint density at radius 1 is 1.35 bits per heavy atom. The molecule has 0 radical (unpaired) electrons. The second kappa shape index (κ2) is 6.84. The van der Waals surface area contributed by atoms with Crippen LogP contribution >= 0.6 is 11.8 Å². The smallest absolute Gasteiger partial charge is 0.314 e. The van der Waals surface area contributed by atoms with Crippen LogP contribution in [-0.4, -0.2) is 39.9 Å². The number of aromatic amines is 1. The van der Waals surface area contributed by atoms with Crippen molar-refractivity contribution in [2.24, 2.45) is 5.92 Å². The number of piperidine rings is 1. The van der Waals surface area contributed by atoms with E-state index in [4.69, 9.17) is 0 Å². The molecule has 2 fully saturated rings. The summed E-state index contributed by atoms with van der Waals surface area (Å²) in [5.74, 6) is 1.08. The molecule has 1 N–H and O–H groups in total. The molecular weight excluding hydrogens is 327 g/mol. The number of thioether (sulfide) groups is 1. The molecule has 8 heteroatoms. The quantitative estimate of drug-likeness (QED) is 0.655. The van der Waals surface area contributed by atoms with Crippen LogP contribution in [0.2, 0.25) is 0 Å². The molecule has 3 unspecified atom stereocenters. The average molecular weight is 347 g/mol. The normalized spacial score (nSPS) is 27.3. The van der Waals surface area contributed by atoms with E-state index in [2.05, 4.69) is 14.9 Å². The first-order valence-corrected chi connectivity index (χ1v) is 8.94. The van der Waals surface area contributed by atoms with Gasteiger partial charge in [0.15, 0.2) is 0 Å². The highest BCUT2D eigenvalue weighted by Gasteiger charge is 2.36. The first-order chi connectivity index (χ1) is 10.9. The van der Waals surface area contributed by atoms with Gasteiger partial charge in [-0.3, -0.25) is 14.7 Å². The van der Waals surface area contributed by atoms with Crippen LogP contribution in [0, 0.1) is 5.92 Å². The Kier molecular flexibility index (Phi) is 5.01. The Labute approximate surface area is 136 Å². The predicted octanol–water partition coefficient (Wildman–Crippen LogP) is 3.36. The predicted molar refractivity (Wildman–Crippen MR) is 82.5 cm³/mol. The van der Waals surface area contributed by atoms with Crippen LogP contribution in [0.4, 0.5) is 13.2 Å². The number of H-pyrrole nitrogens is 1. The number of rotatable bonds is 5. The molecule has 128 valence electrons. The highest BCUT2D eigenvalue weighted by atomic mass is 32.2. The molecule has 3 heterocycles. The van der Waals surface area contributed by atoms with Gasteiger partial charge in [0.05, 0.1) is 23.0 Å². The molecule has 2 aliphatic rings. The van der Waals surface area contributed by atoms with Crippen molar-refractivity contribution in [3.05, 3.63) is 22.2 Å². The number of halogens is 3. The molecule has 1 aromatic rings. The maximum atomic E-state index is 12.2. The summed E-state index contributed by atoms with van der Waals surface area (Å²) in [6, 6.07) is 0.177. The highest BCUT2D eigenvalue weighted by Crippen LogP contribution is 2.40. The zero-order chi connectivity index (χ0) is 16.4. The van der Waals surface area contributed by atoms with Gasteiger partial charge in [-0.15, -0.1) is 11.8 Å². The zero-order valence-electron chi connectivity index (χ0n) is 12.7. The lowest BCUT2D eigenvalue weighted by Crippen LogP contribution is -2.32. The number of nitrogens with one attached hydrogen (secondary N) is 1. The van der Waals surface area contributed by atoms with E-state index >= 15 is 0 Å². The van der Waals surface area contributed by atoms with E-state index in [0.29, 0.717) is 10.8 Å². The van der Waals surface area contributed by atoms with Crippen molar-refractivity contribution in [2.45, 2.75) is 49.3 Å². The van der Waals surface area contributed by atoms with Crippen molar-refractivity contribution in [3.63, 3.8) is 0 Å². The first-order valence-electron chi connectivity index (χ1n) is 7.95. The molecule has 0 aliphatic carbocycles. The van der Waals surface area contributed by atoms with E-state index in [1.165, 1.54) is 24.4 Å². The fourth-order valence-corrected chi connectivity index (χ4v) is 4.46. The van der Waals surface area contributed by atoms with Crippen LogP contribution in [0.25, 0.3) is 0 Å². The van der Waals surface area contributed by atoms with Crippen LogP contribution in [0.1, 0.15) is 43.8 Å². The summed E-state index contributed by atoms with van der Waals surface area (Å²) in [7, 11) is 0. The van der Waals surface area contributed by atoms with Crippen molar-refractivity contribution in [1.82, 2.24) is 14.9 Å². The third kappa shape index (κ3) is 4.29. The number of nitrogens with zero attached hydrogens (tertiary/aromatic N) is 2. The fourth-order valence-electron chi connectivity index (χ4n) is 3.46. The summed E-state index contributed by atoms with van der Waals surface area (Å²) in [5.41, 5.74) is 0.518. The van der Waals surface area contributed by atoms with E-state index in [9.17, 15) is 18.0 Å². The molecule has 3 atom stereocenters. The third-order valence-corrected chi connectivity index (χ3v) is 5.66. The molecule has 1 aromatic heterocycles. The van der Waals surface area contributed by atoms with Crippen molar-refractivity contribution >= 4 is 11.8 Å². The van der Waals surface area contributed by atoms with Gasteiger partial charge in [0.25, 0.3) is 5.56 Å². The maximum absolute atomic E-state index is 12.2. The van der Waals surface area contributed by atoms with Gasteiger partial charge in [0.2, 0.25) is 0 Å². The van der Waals surface area contributed by atoms with Crippen LogP contribution in [-0.2, 0) is 0 Å².